The van der Waals surface area contributed by atoms with Crippen LogP contribution in [0.4, 0.5) is 5.69 Å². The molecule has 0 radical (unpaired) electrons. The van der Waals surface area contributed by atoms with Crippen LogP contribution in [-0.4, -0.2) is 13.1 Å². The quantitative estimate of drug-likeness (QED) is 0.343. The first kappa shape index (κ1) is 10.5. The molecule has 0 aliphatic carbocycles. The molecule has 0 aliphatic rings. The van der Waals surface area contributed by atoms with Crippen LogP contribution in [0.25, 0.3) is 20.5 Å². The van der Waals surface area contributed by atoms with Crippen molar-refractivity contribution in [3.8, 4) is 0 Å². The zero-order valence-corrected chi connectivity index (χ0v) is 9.19. The van der Waals surface area contributed by atoms with Gasteiger partial charge in [0.25, 0.3) is 0 Å². The van der Waals surface area contributed by atoms with Gasteiger partial charge in [0.2, 0.25) is 0 Å². The summed E-state index contributed by atoms with van der Waals surface area (Å²) in [6.45, 7) is 0. The standard InChI is InChI=1S/C10H7N3O2S/c1-15-10(14)9-5-6-7(12-13-11)3-2-4-8(6)16-9/h2-5H,1H3. The largest absolute Gasteiger partial charge is 0.465 e. The number of ether oxygens (including phenoxy) is 1. The van der Waals surface area contributed by atoms with E-state index in [2.05, 4.69) is 14.8 Å². The highest BCUT2D eigenvalue weighted by molar-refractivity contribution is 7.20. The highest BCUT2D eigenvalue weighted by Gasteiger charge is 2.11. The molecule has 1 aromatic carbocycles. The second kappa shape index (κ2) is 4.22. The molecular formula is C10H7N3O2S. The highest BCUT2D eigenvalue weighted by Crippen LogP contribution is 2.33. The molecule has 80 valence electrons. The number of rotatable bonds is 2. The molecular weight excluding hydrogens is 226 g/mol. The third kappa shape index (κ3) is 1.71. The Bertz CT molecular complexity index is 599. The fourth-order valence-electron chi connectivity index (χ4n) is 1.38. The van der Waals surface area contributed by atoms with Gasteiger partial charge < -0.3 is 4.74 Å². The van der Waals surface area contributed by atoms with Crippen LogP contribution in [0.2, 0.25) is 0 Å². The summed E-state index contributed by atoms with van der Waals surface area (Å²) in [7, 11) is 1.33. The second-order valence-corrected chi connectivity index (χ2v) is 4.06. The van der Waals surface area contributed by atoms with Gasteiger partial charge >= 0.3 is 5.97 Å². The fourth-order valence-corrected chi connectivity index (χ4v) is 2.38. The predicted molar refractivity (Wildman–Crippen MR) is 62.0 cm³/mol. The van der Waals surface area contributed by atoms with E-state index in [4.69, 9.17) is 5.53 Å². The lowest BCUT2D eigenvalue weighted by Crippen LogP contribution is -1.96. The number of benzene rings is 1. The third-order valence-electron chi connectivity index (χ3n) is 2.08. The van der Waals surface area contributed by atoms with Crippen molar-refractivity contribution in [1.29, 1.82) is 0 Å². The van der Waals surface area contributed by atoms with E-state index in [0.29, 0.717) is 10.6 Å². The van der Waals surface area contributed by atoms with Crippen LogP contribution in [0, 0.1) is 0 Å². The first-order valence-corrected chi connectivity index (χ1v) is 5.24. The van der Waals surface area contributed by atoms with Crippen LogP contribution in [0.15, 0.2) is 29.4 Å². The number of carbonyl (C=O) groups excluding carboxylic acids is 1. The van der Waals surface area contributed by atoms with Gasteiger partial charge in [-0.2, -0.15) is 0 Å². The van der Waals surface area contributed by atoms with Crippen molar-refractivity contribution in [3.63, 3.8) is 0 Å². The highest BCUT2D eigenvalue weighted by atomic mass is 32.1. The summed E-state index contributed by atoms with van der Waals surface area (Å²) in [5.41, 5.74) is 8.93. The van der Waals surface area contributed by atoms with Gasteiger partial charge in [0, 0.05) is 20.7 Å². The smallest absolute Gasteiger partial charge is 0.348 e. The lowest BCUT2D eigenvalue weighted by Gasteiger charge is -1.92. The van der Waals surface area contributed by atoms with Gasteiger partial charge in [-0.05, 0) is 17.7 Å². The van der Waals surface area contributed by atoms with E-state index < -0.39 is 0 Å². The SMILES string of the molecule is COC(=O)c1cc2c(N=[N+]=[N-])cccc2s1. The maximum atomic E-state index is 11.3. The van der Waals surface area contributed by atoms with Crippen molar-refractivity contribution in [2.75, 3.05) is 7.11 Å². The van der Waals surface area contributed by atoms with Crippen LogP contribution in [0.5, 0.6) is 0 Å². The lowest BCUT2D eigenvalue weighted by atomic mass is 10.2. The van der Waals surface area contributed by atoms with Crippen molar-refractivity contribution in [3.05, 3.63) is 39.6 Å². The number of nitrogens with zero attached hydrogens (tertiary/aromatic N) is 3. The number of methoxy groups -OCH3 is 1. The van der Waals surface area contributed by atoms with Crippen molar-refractivity contribution >= 4 is 33.1 Å². The maximum absolute atomic E-state index is 11.3. The normalized spacial score (nSPS) is 9.81. The molecule has 0 amide bonds. The Morgan fingerprint density at radius 2 is 2.38 bits per heavy atom. The summed E-state index contributed by atoms with van der Waals surface area (Å²) >= 11 is 1.31. The Balaban J connectivity index is 2.65. The zero-order chi connectivity index (χ0) is 11.5. The molecule has 1 heterocycles. The van der Waals surface area contributed by atoms with Crippen LogP contribution in [0.1, 0.15) is 9.67 Å². The molecule has 0 saturated carbocycles. The summed E-state index contributed by atoms with van der Waals surface area (Å²) in [5, 5.41) is 4.34. The van der Waals surface area contributed by atoms with Crippen molar-refractivity contribution in [2.45, 2.75) is 0 Å². The van der Waals surface area contributed by atoms with Gasteiger partial charge in [-0.25, -0.2) is 4.79 Å². The minimum Gasteiger partial charge on any atom is -0.465 e. The Hall–Kier alpha value is -2.04. The van der Waals surface area contributed by atoms with Gasteiger partial charge in [-0.15, -0.1) is 11.3 Å². The van der Waals surface area contributed by atoms with Crippen LogP contribution < -0.4 is 0 Å². The van der Waals surface area contributed by atoms with E-state index >= 15 is 0 Å². The molecule has 0 bridgehead atoms. The number of thiophene rings is 1. The Kier molecular flexibility index (Phi) is 2.76. The molecule has 2 aromatic rings. The predicted octanol–water partition coefficient (Wildman–Crippen LogP) is 3.63. The van der Waals surface area contributed by atoms with E-state index in [1.165, 1.54) is 18.4 Å². The summed E-state index contributed by atoms with van der Waals surface area (Å²) in [5.74, 6) is -0.381. The first-order chi connectivity index (χ1) is 7.76. The van der Waals surface area contributed by atoms with E-state index in [9.17, 15) is 4.79 Å². The summed E-state index contributed by atoms with van der Waals surface area (Å²) in [6.07, 6.45) is 0. The van der Waals surface area contributed by atoms with E-state index in [-0.39, 0.29) is 5.97 Å². The first-order valence-electron chi connectivity index (χ1n) is 4.42. The molecule has 0 saturated heterocycles. The Labute approximate surface area is 94.9 Å². The number of azide groups is 1. The van der Waals surface area contributed by atoms with Crippen LogP contribution in [0.3, 0.4) is 0 Å². The molecule has 0 aliphatic heterocycles. The molecule has 16 heavy (non-hydrogen) atoms. The minimum atomic E-state index is -0.381. The topological polar surface area (TPSA) is 75.1 Å². The number of hydrogen-bond acceptors (Lipinski definition) is 4. The number of hydrogen-bond donors (Lipinski definition) is 0. The molecule has 1 aromatic heterocycles. The summed E-state index contributed by atoms with van der Waals surface area (Å²) in [6, 6.07) is 7.03. The second-order valence-electron chi connectivity index (χ2n) is 2.98. The summed E-state index contributed by atoms with van der Waals surface area (Å²) in [4.78, 5) is 14.6. The van der Waals surface area contributed by atoms with Crippen LogP contribution >= 0.6 is 11.3 Å². The third-order valence-corrected chi connectivity index (χ3v) is 3.16. The monoisotopic (exact) mass is 233 g/mol. The number of carbonyl (C=O) groups is 1. The summed E-state index contributed by atoms with van der Waals surface area (Å²) < 4.78 is 5.53. The molecule has 0 atom stereocenters. The van der Waals surface area contributed by atoms with Gasteiger partial charge in [-0.3, -0.25) is 0 Å². The average Bonchev–Trinajstić information content (AvgIpc) is 2.73. The average molecular weight is 233 g/mol. The zero-order valence-electron chi connectivity index (χ0n) is 8.38. The molecule has 0 fully saturated rings. The minimum absolute atomic E-state index is 0.381. The molecule has 0 spiro atoms. The fraction of sp³-hybridized carbons (Fsp3) is 0.100. The van der Waals surface area contributed by atoms with Gasteiger partial charge in [-0.1, -0.05) is 17.2 Å². The van der Waals surface area contributed by atoms with Crippen molar-refractivity contribution in [1.82, 2.24) is 0 Å². The van der Waals surface area contributed by atoms with Gasteiger partial charge in [0.05, 0.1) is 7.11 Å². The number of esters is 1. The van der Waals surface area contributed by atoms with E-state index in [1.54, 1.807) is 18.2 Å². The molecule has 0 N–H and O–H groups in total. The lowest BCUT2D eigenvalue weighted by molar-refractivity contribution is 0.0606. The van der Waals surface area contributed by atoms with E-state index in [1.807, 2.05) is 6.07 Å². The molecule has 2 rings (SSSR count). The van der Waals surface area contributed by atoms with Gasteiger partial charge in [0.15, 0.2) is 0 Å². The molecule has 5 nitrogen and oxygen atoms in total. The van der Waals surface area contributed by atoms with Gasteiger partial charge in [0.1, 0.15) is 4.88 Å². The van der Waals surface area contributed by atoms with E-state index in [0.717, 1.165) is 10.1 Å². The molecule has 6 heteroatoms. The van der Waals surface area contributed by atoms with Crippen LogP contribution in [-0.2, 0) is 4.74 Å². The Morgan fingerprint density at radius 3 is 3.06 bits per heavy atom. The van der Waals surface area contributed by atoms with Crippen molar-refractivity contribution in [2.24, 2.45) is 5.11 Å². The number of fused-ring (bicyclic) bond motifs is 1. The molecule has 0 unspecified atom stereocenters. The maximum Gasteiger partial charge on any atom is 0.348 e. The van der Waals surface area contributed by atoms with Crippen molar-refractivity contribution < 1.29 is 9.53 Å². The Morgan fingerprint density at radius 1 is 1.56 bits per heavy atom.